The molecule has 1 N–H and O–H groups in total. The standard InChI is InChI=1S/C17H24N2O3/c1-13-4-7-19(8-5-13)9-6-15(18-20)14-2-3-16-17(12-14)22-11-10-21-16/h2-3,12-13,20H,4-11H2,1H3. The lowest BCUT2D eigenvalue weighted by Crippen LogP contribution is -2.34. The van der Waals surface area contributed by atoms with Gasteiger partial charge < -0.3 is 19.6 Å². The van der Waals surface area contributed by atoms with E-state index in [1.54, 1.807) is 0 Å². The highest BCUT2D eigenvalue weighted by Crippen LogP contribution is 2.31. The fraction of sp³-hybridized carbons (Fsp3) is 0.588. The molecule has 1 aromatic carbocycles. The zero-order valence-corrected chi connectivity index (χ0v) is 13.1. The number of piperidine rings is 1. The van der Waals surface area contributed by atoms with E-state index in [9.17, 15) is 5.21 Å². The molecule has 0 bridgehead atoms. The van der Waals surface area contributed by atoms with Crippen molar-refractivity contribution in [3.05, 3.63) is 23.8 Å². The van der Waals surface area contributed by atoms with Gasteiger partial charge in [0.15, 0.2) is 11.5 Å². The maximum absolute atomic E-state index is 9.35. The number of hydrogen-bond acceptors (Lipinski definition) is 5. The molecular weight excluding hydrogens is 280 g/mol. The van der Waals surface area contributed by atoms with Crippen molar-refractivity contribution in [3.8, 4) is 11.5 Å². The number of oxime groups is 1. The molecule has 0 saturated carbocycles. The van der Waals surface area contributed by atoms with Crippen LogP contribution in [0.25, 0.3) is 0 Å². The summed E-state index contributed by atoms with van der Waals surface area (Å²) in [5.41, 5.74) is 1.60. The molecule has 1 fully saturated rings. The molecule has 0 spiro atoms. The molecule has 2 heterocycles. The Labute approximate surface area is 131 Å². The number of fused-ring (bicyclic) bond motifs is 1. The van der Waals surface area contributed by atoms with Crippen molar-refractivity contribution in [2.75, 3.05) is 32.8 Å². The molecule has 2 aliphatic rings. The second-order valence-corrected chi connectivity index (χ2v) is 6.18. The van der Waals surface area contributed by atoms with Crippen molar-refractivity contribution >= 4 is 5.71 Å². The van der Waals surface area contributed by atoms with Crippen LogP contribution in [-0.4, -0.2) is 48.7 Å². The molecule has 2 aliphatic heterocycles. The molecular formula is C17H24N2O3. The lowest BCUT2D eigenvalue weighted by molar-refractivity contribution is 0.171. The number of hydrogen-bond donors (Lipinski definition) is 1. The zero-order valence-electron chi connectivity index (χ0n) is 13.1. The van der Waals surface area contributed by atoms with Crippen LogP contribution in [0.3, 0.4) is 0 Å². The summed E-state index contributed by atoms with van der Waals surface area (Å²) in [6.45, 7) is 6.67. The minimum Gasteiger partial charge on any atom is -0.486 e. The largest absolute Gasteiger partial charge is 0.486 e. The summed E-state index contributed by atoms with van der Waals surface area (Å²) < 4.78 is 11.1. The van der Waals surface area contributed by atoms with Gasteiger partial charge in [-0.1, -0.05) is 12.1 Å². The predicted octanol–water partition coefficient (Wildman–Crippen LogP) is 2.76. The molecule has 0 aromatic heterocycles. The summed E-state index contributed by atoms with van der Waals surface area (Å²) in [5, 5.41) is 12.9. The minimum absolute atomic E-state index is 0.564. The maximum Gasteiger partial charge on any atom is 0.162 e. The molecule has 22 heavy (non-hydrogen) atoms. The van der Waals surface area contributed by atoms with E-state index in [1.807, 2.05) is 18.2 Å². The van der Waals surface area contributed by atoms with E-state index >= 15 is 0 Å². The highest BCUT2D eigenvalue weighted by atomic mass is 16.6. The molecule has 5 heteroatoms. The summed E-state index contributed by atoms with van der Waals surface area (Å²) >= 11 is 0. The topological polar surface area (TPSA) is 54.3 Å². The highest BCUT2D eigenvalue weighted by molar-refractivity contribution is 6.00. The van der Waals surface area contributed by atoms with Gasteiger partial charge in [-0.15, -0.1) is 0 Å². The third kappa shape index (κ3) is 3.53. The number of ether oxygens (including phenoxy) is 2. The Morgan fingerprint density at radius 3 is 2.68 bits per heavy atom. The Bertz CT molecular complexity index is 537. The van der Waals surface area contributed by atoms with Gasteiger partial charge in [-0.3, -0.25) is 0 Å². The second-order valence-electron chi connectivity index (χ2n) is 6.18. The van der Waals surface area contributed by atoms with E-state index in [2.05, 4.69) is 17.0 Å². The molecule has 120 valence electrons. The van der Waals surface area contributed by atoms with Crippen molar-refractivity contribution in [1.29, 1.82) is 0 Å². The average molecular weight is 304 g/mol. The van der Waals surface area contributed by atoms with Crippen LogP contribution in [0.15, 0.2) is 23.4 Å². The Hall–Kier alpha value is -1.75. The van der Waals surface area contributed by atoms with Crippen LogP contribution in [0, 0.1) is 5.92 Å². The monoisotopic (exact) mass is 304 g/mol. The van der Waals surface area contributed by atoms with Crippen LogP contribution < -0.4 is 9.47 Å². The van der Waals surface area contributed by atoms with Crippen LogP contribution in [0.2, 0.25) is 0 Å². The normalized spacial score (nSPS) is 20.1. The SMILES string of the molecule is CC1CCN(CCC(=NO)c2ccc3c(c2)OCCO3)CC1. The Kier molecular flexibility index (Phi) is 4.83. The molecule has 0 amide bonds. The zero-order chi connectivity index (χ0) is 15.4. The summed E-state index contributed by atoms with van der Waals surface area (Å²) in [6.07, 6.45) is 3.26. The fourth-order valence-corrected chi connectivity index (χ4v) is 3.02. The fourth-order valence-electron chi connectivity index (χ4n) is 3.02. The predicted molar refractivity (Wildman–Crippen MR) is 85.2 cm³/mol. The van der Waals surface area contributed by atoms with E-state index in [1.165, 1.54) is 12.8 Å². The van der Waals surface area contributed by atoms with E-state index in [0.29, 0.717) is 18.9 Å². The van der Waals surface area contributed by atoms with Gasteiger partial charge in [-0.2, -0.15) is 0 Å². The quantitative estimate of drug-likeness (QED) is 0.528. The Balaban J connectivity index is 1.62. The van der Waals surface area contributed by atoms with Gasteiger partial charge in [0.2, 0.25) is 0 Å². The lowest BCUT2D eigenvalue weighted by Gasteiger charge is -2.30. The van der Waals surface area contributed by atoms with Gasteiger partial charge in [-0.05, 0) is 50.0 Å². The third-order valence-electron chi connectivity index (χ3n) is 4.54. The molecule has 5 nitrogen and oxygen atoms in total. The maximum atomic E-state index is 9.35. The molecule has 0 atom stereocenters. The molecule has 0 unspecified atom stereocenters. The number of nitrogens with zero attached hydrogens (tertiary/aromatic N) is 2. The van der Waals surface area contributed by atoms with Crippen molar-refractivity contribution in [3.63, 3.8) is 0 Å². The summed E-state index contributed by atoms with van der Waals surface area (Å²) in [5.74, 6) is 2.33. The van der Waals surface area contributed by atoms with Crippen LogP contribution in [0.4, 0.5) is 0 Å². The van der Waals surface area contributed by atoms with Gasteiger partial charge in [0.25, 0.3) is 0 Å². The summed E-state index contributed by atoms with van der Waals surface area (Å²) in [7, 11) is 0. The van der Waals surface area contributed by atoms with Crippen LogP contribution in [0.1, 0.15) is 31.7 Å². The van der Waals surface area contributed by atoms with E-state index in [4.69, 9.17) is 9.47 Å². The van der Waals surface area contributed by atoms with Crippen molar-refractivity contribution in [2.24, 2.45) is 11.1 Å². The summed E-state index contributed by atoms with van der Waals surface area (Å²) in [6, 6.07) is 5.72. The summed E-state index contributed by atoms with van der Waals surface area (Å²) in [4.78, 5) is 2.45. The van der Waals surface area contributed by atoms with Gasteiger partial charge in [0.1, 0.15) is 13.2 Å². The van der Waals surface area contributed by atoms with Gasteiger partial charge >= 0.3 is 0 Å². The smallest absolute Gasteiger partial charge is 0.162 e. The lowest BCUT2D eigenvalue weighted by atomic mass is 9.98. The van der Waals surface area contributed by atoms with Gasteiger partial charge in [0.05, 0.1) is 5.71 Å². The van der Waals surface area contributed by atoms with Gasteiger partial charge in [0, 0.05) is 18.5 Å². The first-order valence-electron chi connectivity index (χ1n) is 8.09. The number of rotatable bonds is 4. The molecule has 0 aliphatic carbocycles. The number of benzene rings is 1. The van der Waals surface area contributed by atoms with Crippen molar-refractivity contribution < 1.29 is 14.7 Å². The van der Waals surface area contributed by atoms with E-state index < -0.39 is 0 Å². The van der Waals surface area contributed by atoms with Crippen molar-refractivity contribution in [1.82, 2.24) is 4.90 Å². The van der Waals surface area contributed by atoms with Crippen molar-refractivity contribution in [2.45, 2.75) is 26.2 Å². The Morgan fingerprint density at radius 2 is 1.95 bits per heavy atom. The first kappa shape index (κ1) is 15.2. The van der Waals surface area contributed by atoms with E-state index in [0.717, 1.165) is 49.0 Å². The number of likely N-dealkylation sites (tertiary alicyclic amines) is 1. The average Bonchev–Trinajstić information content (AvgIpc) is 2.57. The first-order chi connectivity index (χ1) is 10.8. The molecule has 3 rings (SSSR count). The second kappa shape index (κ2) is 7.01. The third-order valence-corrected chi connectivity index (χ3v) is 4.54. The molecule has 1 aromatic rings. The van der Waals surface area contributed by atoms with Crippen LogP contribution >= 0.6 is 0 Å². The highest BCUT2D eigenvalue weighted by Gasteiger charge is 2.18. The van der Waals surface area contributed by atoms with E-state index in [-0.39, 0.29) is 0 Å². The Morgan fingerprint density at radius 1 is 1.23 bits per heavy atom. The first-order valence-corrected chi connectivity index (χ1v) is 8.09. The molecule has 1 saturated heterocycles. The van der Waals surface area contributed by atoms with Crippen LogP contribution in [0.5, 0.6) is 11.5 Å². The minimum atomic E-state index is 0.564. The van der Waals surface area contributed by atoms with Gasteiger partial charge in [-0.25, -0.2) is 0 Å². The van der Waals surface area contributed by atoms with Crippen LogP contribution in [-0.2, 0) is 0 Å². The molecule has 0 radical (unpaired) electrons.